The number of benzene rings is 2. The maximum atomic E-state index is 13.0. The van der Waals surface area contributed by atoms with Crippen LogP contribution >= 0.6 is 23.1 Å². The summed E-state index contributed by atoms with van der Waals surface area (Å²) in [6.07, 6.45) is 0. The number of hydrogen-bond acceptors (Lipinski definition) is 7. The Labute approximate surface area is 208 Å². The van der Waals surface area contributed by atoms with Gasteiger partial charge in [0, 0.05) is 17.8 Å². The van der Waals surface area contributed by atoms with Gasteiger partial charge in [-0.1, -0.05) is 36.4 Å². The van der Waals surface area contributed by atoms with E-state index < -0.39 is 16.8 Å². The maximum absolute atomic E-state index is 13.0. The van der Waals surface area contributed by atoms with Crippen LogP contribution in [0.1, 0.15) is 27.7 Å². The molecule has 2 aromatic carbocycles. The van der Waals surface area contributed by atoms with E-state index in [0.29, 0.717) is 21.8 Å². The van der Waals surface area contributed by atoms with Crippen LogP contribution in [0.3, 0.4) is 0 Å². The van der Waals surface area contributed by atoms with E-state index in [2.05, 4.69) is 22.0 Å². The number of anilines is 2. The van der Waals surface area contributed by atoms with Gasteiger partial charge in [0.25, 0.3) is 5.91 Å². The molecule has 4 rings (SSSR count). The van der Waals surface area contributed by atoms with Crippen LogP contribution in [0.2, 0.25) is 0 Å². The average Bonchev–Trinajstić information content (AvgIpc) is 3.38. The number of carbonyl (C=O) groups excluding carboxylic acids is 2. The number of hydrogen-bond donors (Lipinski definition) is 3. The second kappa shape index (κ2) is 10.4. The first kappa shape index (κ1) is 24.0. The van der Waals surface area contributed by atoms with Crippen LogP contribution < -0.4 is 20.9 Å². The molecule has 0 fully saturated rings. The summed E-state index contributed by atoms with van der Waals surface area (Å²) in [7, 11) is 0. The maximum Gasteiger partial charge on any atom is 0.442 e. The second-order valence-electron chi connectivity index (χ2n) is 7.40. The zero-order chi connectivity index (χ0) is 24.9. The SMILES string of the molecule is Cc1c(C(=O)Nc2ccccc2)sc(NC(=O)C(C)Sc2c(=O)o[nH][n+]2-c2ccccc2)c1C#N. The highest BCUT2D eigenvalue weighted by Crippen LogP contribution is 2.34. The zero-order valence-electron chi connectivity index (χ0n) is 18.7. The van der Waals surface area contributed by atoms with Crippen molar-refractivity contribution in [2.24, 2.45) is 0 Å². The number of nitrogens with one attached hydrogen (secondary N) is 3. The fraction of sp³-hybridized carbons (Fsp3) is 0.125. The number of carbonyl (C=O) groups is 2. The van der Waals surface area contributed by atoms with Gasteiger partial charge in [-0.05, 0) is 53.3 Å². The first-order valence-electron chi connectivity index (χ1n) is 10.5. The third kappa shape index (κ3) is 5.18. The Balaban J connectivity index is 1.52. The highest BCUT2D eigenvalue weighted by molar-refractivity contribution is 8.00. The van der Waals surface area contributed by atoms with Gasteiger partial charge in [0.2, 0.25) is 11.6 Å². The van der Waals surface area contributed by atoms with Crippen LogP contribution in [0.25, 0.3) is 5.69 Å². The highest BCUT2D eigenvalue weighted by atomic mass is 32.2. The van der Waals surface area contributed by atoms with E-state index in [9.17, 15) is 19.6 Å². The van der Waals surface area contributed by atoms with Gasteiger partial charge < -0.3 is 10.6 Å². The lowest BCUT2D eigenvalue weighted by Gasteiger charge is -2.08. The van der Waals surface area contributed by atoms with Crippen LogP contribution in [0, 0.1) is 18.3 Å². The number of H-pyrrole nitrogens is 1. The molecule has 9 nitrogen and oxygen atoms in total. The lowest BCUT2D eigenvalue weighted by molar-refractivity contribution is -0.704. The number of aromatic amines is 1. The summed E-state index contributed by atoms with van der Waals surface area (Å²) in [6, 6.07) is 20.1. The molecule has 3 N–H and O–H groups in total. The van der Waals surface area contributed by atoms with E-state index in [4.69, 9.17) is 4.52 Å². The van der Waals surface area contributed by atoms with Gasteiger partial charge in [-0.3, -0.25) is 14.1 Å². The number of para-hydroxylation sites is 2. The minimum Gasteiger partial charge on any atom is -0.321 e. The van der Waals surface area contributed by atoms with Crippen molar-refractivity contribution in [2.45, 2.75) is 24.1 Å². The molecule has 2 heterocycles. The summed E-state index contributed by atoms with van der Waals surface area (Å²) >= 11 is 2.04. The smallest absolute Gasteiger partial charge is 0.321 e. The Bertz CT molecular complexity index is 1470. The fourth-order valence-corrected chi connectivity index (χ4v) is 5.15. The van der Waals surface area contributed by atoms with Gasteiger partial charge in [0.05, 0.1) is 15.7 Å². The lowest BCUT2D eigenvalue weighted by atomic mass is 10.1. The quantitative estimate of drug-likeness (QED) is 0.258. The molecule has 0 bridgehead atoms. The predicted molar refractivity (Wildman–Crippen MR) is 133 cm³/mol. The summed E-state index contributed by atoms with van der Waals surface area (Å²) in [5.41, 5.74) is 1.39. The molecule has 35 heavy (non-hydrogen) atoms. The molecule has 176 valence electrons. The minimum absolute atomic E-state index is 0.199. The van der Waals surface area contributed by atoms with E-state index in [0.717, 1.165) is 23.1 Å². The van der Waals surface area contributed by atoms with Crippen LogP contribution in [0.5, 0.6) is 0 Å². The number of amides is 2. The summed E-state index contributed by atoms with van der Waals surface area (Å²) in [4.78, 5) is 38.3. The third-order valence-electron chi connectivity index (χ3n) is 5.01. The molecule has 4 aromatic rings. The second-order valence-corrected chi connectivity index (χ2v) is 9.75. The van der Waals surface area contributed by atoms with Crippen LogP contribution in [-0.4, -0.2) is 22.3 Å². The molecule has 2 aromatic heterocycles. The Morgan fingerprint density at radius 3 is 2.43 bits per heavy atom. The van der Waals surface area contributed by atoms with Gasteiger partial charge in [-0.25, -0.2) is 4.79 Å². The van der Waals surface area contributed by atoms with E-state index in [-0.39, 0.29) is 21.5 Å². The minimum atomic E-state index is -0.709. The number of thioether (sulfide) groups is 1. The third-order valence-corrected chi connectivity index (χ3v) is 7.36. The van der Waals surface area contributed by atoms with Crippen molar-refractivity contribution >= 4 is 45.6 Å². The van der Waals surface area contributed by atoms with Crippen molar-refractivity contribution in [1.82, 2.24) is 5.27 Å². The summed E-state index contributed by atoms with van der Waals surface area (Å²) in [5.74, 6) is -0.796. The molecule has 0 saturated heterocycles. The molecule has 0 aliphatic rings. The molecule has 0 radical (unpaired) electrons. The van der Waals surface area contributed by atoms with Crippen molar-refractivity contribution in [3.05, 3.63) is 87.1 Å². The van der Waals surface area contributed by atoms with Gasteiger partial charge in [0.15, 0.2) is 0 Å². The monoisotopic (exact) mass is 506 g/mol. The molecule has 1 atom stereocenters. The van der Waals surface area contributed by atoms with E-state index in [1.807, 2.05) is 24.3 Å². The van der Waals surface area contributed by atoms with E-state index in [1.165, 1.54) is 4.68 Å². The molecular formula is C24H20N5O4S2+. The number of rotatable bonds is 7. The van der Waals surface area contributed by atoms with Gasteiger partial charge in [0.1, 0.15) is 11.1 Å². The van der Waals surface area contributed by atoms with Crippen LogP contribution in [0.4, 0.5) is 10.7 Å². The van der Waals surface area contributed by atoms with Gasteiger partial charge in [-0.2, -0.15) is 5.26 Å². The predicted octanol–water partition coefficient (Wildman–Crippen LogP) is 3.86. The first-order chi connectivity index (χ1) is 16.9. The summed E-state index contributed by atoms with van der Waals surface area (Å²) in [5, 5.41) is 17.5. The molecule has 1 unspecified atom stereocenters. The van der Waals surface area contributed by atoms with Crippen molar-refractivity contribution in [2.75, 3.05) is 10.6 Å². The van der Waals surface area contributed by atoms with Gasteiger partial charge in [-0.15, -0.1) is 11.3 Å². The number of nitrogens with zero attached hydrogens (tertiary/aromatic N) is 2. The molecule has 0 saturated carbocycles. The summed E-state index contributed by atoms with van der Waals surface area (Å²) in [6.45, 7) is 3.30. The Kier molecular flexibility index (Phi) is 7.14. The number of thiophene rings is 1. The summed E-state index contributed by atoms with van der Waals surface area (Å²) < 4.78 is 6.38. The molecule has 2 amide bonds. The molecule has 0 aliphatic carbocycles. The molecule has 0 aliphatic heterocycles. The Morgan fingerprint density at radius 1 is 1.11 bits per heavy atom. The van der Waals surface area contributed by atoms with Crippen LogP contribution in [-0.2, 0) is 4.79 Å². The largest absolute Gasteiger partial charge is 0.442 e. The molecular weight excluding hydrogens is 486 g/mol. The van der Waals surface area contributed by atoms with Crippen molar-refractivity contribution in [3.8, 4) is 11.8 Å². The molecule has 11 heteroatoms. The topological polar surface area (TPSA) is 132 Å². The zero-order valence-corrected chi connectivity index (χ0v) is 20.3. The van der Waals surface area contributed by atoms with Gasteiger partial charge >= 0.3 is 10.7 Å². The highest BCUT2D eigenvalue weighted by Gasteiger charge is 2.30. The fourth-order valence-electron chi connectivity index (χ4n) is 3.21. The lowest BCUT2D eigenvalue weighted by Crippen LogP contribution is -2.37. The Morgan fingerprint density at radius 2 is 1.77 bits per heavy atom. The van der Waals surface area contributed by atoms with Crippen molar-refractivity contribution < 1.29 is 18.8 Å². The normalized spacial score (nSPS) is 11.5. The van der Waals surface area contributed by atoms with Crippen LogP contribution in [0.15, 0.2) is 75.0 Å². The standard InChI is InChI=1S/C24H19N5O4S2/c1-14-18(13-25)22(35-19(14)21(31)26-16-9-5-3-6-10-16)27-20(30)15(2)34-23-24(32)33-28-29(23)17-11-7-4-8-12-17/h3-12,15H,1-2H3,(H2-,26,27,28,30,31,32)/p+1. The molecule has 0 spiro atoms. The van der Waals surface area contributed by atoms with Crippen molar-refractivity contribution in [1.29, 1.82) is 5.26 Å². The number of nitriles is 1. The van der Waals surface area contributed by atoms with Crippen molar-refractivity contribution in [3.63, 3.8) is 0 Å². The number of aromatic nitrogens is 2. The van der Waals surface area contributed by atoms with E-state index in [1.54, 1.807) is 50.2 Å². The average molecular weight is 507 g/mol. The van der Waals surface area contributed by atoms with E-state index >= 15 is 0 Å². The first-order valence-corrected chi connectivity index (χ1v) is 12.1. The Hall–Kier alpha value is -4.14.